The summed E-state index contributed by atoms with van der Waals surface area (Å²) >= 11 is 0. The molecule has 0 atom stereocenters. The number of carbonyl (C=O) groups excluding carboxylic acids is 1. The van der Waals surface area contributed by atoms with Crippen molar-refractivity contribution >= 4 is 5.91 Å². The van der Waals surface area contributed by atoms with E-state index in [0.717, 1.165) is 38.7 Å². The Morgan fingerprint density at radius 2 is 1.96 bits per heavy atom. The van der Waals surface area contributed by atoms with Gasteiger partial charge in [-0.1, -0.05) is 0 Å². The van der Waals surface area contributed by atoms with Gasteiger partial charge in [-0.05, 0) is 30.5 Å². The Balaban J connectivity index is 1.49. The van der Waals surface area contributed by atoms with Gasteiger partial charge in [0.2, 0.25) is 0 Å². The van der Waals surface area contributed by atoms with Gasteiger partial charge in [-0.25, -0.2) is 0 Å². The van der Waals surface area contributed by atoms with E-state index in [-0.39, 0.29) is 23.2 Å². The SMILES string of the molecule is O=C(NC1CCN(Cc2ccncc2)CC1)c1cncc(=O)[nH]1. The van der Waals surface area contributed by atoms with E-state index in [0.29, 0.717) is 0 Å². The highest BCUT2D eigenvalue weighted by Gasteiger charge is 2.21. The molecule has 0 radical (unpaired) electrons. The number of aromatic amines is 1. The summed E-state index contributed by atoms with van der Waals surface area (Å²) < 4.78 is 0. The van der Waals surface area contributed by atoms with Crippen molar-refractivity contribution in [3.8, 4) is 0 Å². The molecular formula is C16H19N5O2. The third-order valence-electron chi connectivity index (χ3n) is 3.98. The van der Waals surface area contributed by atoms with Crippen LogP contribution in [0.15, 0.2) is 41.7 Å². The summed E-state index contributed by atoms with van der Waals surface area (Å²) in [7, 11) is 0. The number of hydrogen-bond acceptors (Lipinski definition) is 5. The molecule has 0 aromatic carbocycles. The van der Waals surface area contributed by atoms with Gasteiger partial charge in [-0.15, -0.1) is 0 Å². The normalized spacial score (nSPS) is 16.2. The molecule has 2 aromatic heterocycles. The number of carbonyl (C=O) groups is 1. The molecule has 1 aliphatic heterocycles. The molecule has 23 heavy (non-hydrogen) atoms. The molecule has 3 heterocycles. The summed E-state index contributed by atoms with van der Waals surface area (Å²) in [5.74, 6) is -0.275. The van der Waals surface area contributed by atoms with Gasteiger partial charge in [0, 0.05) is 38.1 Å². The van der Waals surface area contributed by atoms with E-state index in [2.05, 4.69) is 25.2 Å². The predicted octanol–water partition coefficient (Wildman–Crippen LogP) is 0.559. The molecule has 0 unspecified atom stereocenters. The van der Waals surface area contributed by atoms with Crippen LogP contribution in [-0.4, -0.2) is 44.9 Å². The Morgan fingerprint density at radius 3 is 2.65 bits per heavy atom. The number of H-pyrrole nitrogens is 1. The molecule has 7 nitrogen and oxygen atoms in total. The number of likely N-dealkylation sites (tertiary alicyclic amines) is 1. The van der Waals surface area contributed by atoms with E-state index in [9.17, 15) is 9.59 Å². The van der Waals surface area contributed by atoms with Crippen LogP contribution in [0.25, 0.3) is 0 Å². The quantitative estimate of drug-likeness (QED) is 0.860. The lowest BCUT2D eigenvalue weighted by molar-refractivity contribution is 0.0903. The second-order valence-electron chi connectivity index (χ2n) is 5.69. The minimum Gasteiger partial charge on any atom is -0.348 e. The van der Waals surface area contributed by atoms with Crippen molar-refractivity contribution in [3.05, 3.63) is 58.5 Å². The van der Waals surface area contributed by atoms with Gasteiger partial charge in [0.1, 0.15) is 5.69 Å². The Labute approximate surface area is 133 Å². The number of aromatic nitrogens is 3. The van der Waals surface area contributed by atoms with Gasteiger partial charge in [0.15, 0.2) is 0 Å². The van der Waals surface area contributed by atoms with Crippen molar-refractivity contribution in [1.29, 1.82) is 0 Å². The maximum absolute atomic E-state index is 12.1. The summed E-state index contributed by atoms with van der Waals surface area (Å²) in [5.41, 5.74) is 1.08. The van der Waals surface area contributed by atoms with E-state index in [4.69, 9.17) is 0 Å². The molecule has 1 fully saturated rings. The van der Waals surface area contributed by atoms with E-state index >= 15 is 0 Å². The highest BCUT2D eigenvalue weighted by atomic mass is 16.2. The first-order valence-electron chi connectivity index (χ1n) is 7.67. The molecule has 2 aromatic rings. The number of pyridine rings is 1. The van der Waals surface area contributed by atoms with Crippen LogP contribution in [0, 0.1) is 0 Å². The Hall–Kier alpha value is -2.54. The molecule has 1 aliphatic rings. The number of rotatable bonds is 4. The minimum atomic E-state index is -0.371. The first kappa shape index (κ1) is 15.4. The highest BCUT2D eigenvalue weighted by Crippen LogP contribution is 2.13. The number of nitrogens with one attached hydrogen (secondary N) is 2. The molecule has 2 N–H and O–H groups in total. The first-order valence-corrected chi connectivity index (χ1v) is 7.67. The fraction of sp³-hybridized carbons (Fsp3) is 0.375. The van der Waals surface area contributed by atoms with Crippen molar-refractivity contribution < 1.29 is 4.79 Å². The lowest BCUT2D eigenvalue weighted by Gasteiger charge is -2.32. The van der Waals surface area contributed by atoms with Crippen LogP contribution in [0.5, 0.6) is 0 Å². The van der Waals surface area contributed by atoms with Crippen LogP contribution < -0.4 is 10.9 Å². The topological polar surface area (TPSA) is 91.0 Å². The van der Waals surface area contributed by atoms with E-state index in [1.807, 2.05) is 12.1 Å². The summed E-state index contributed by atoms with van der Waals surface area (Å²) in [6.45, 7) is 2.76. The van der Waals surface area contributed by atoms with Gasteiger partial charge in [-0.3, -0.25) is 24.5 Å². The highest BCUT2D eigenvalue weighted by molar-refractivity contribution is 5.92. The number of amides is 1. The number of piperidine rings is 1. The predicted molar refractivity (Wildman–Crippen MR) is 84.9 cm³/mol. The van der Waals surface area contributed by atoms with Crippen LogP contribution in [0.1, 0.15) is 28.9 Å². The lowest BCUT2D eigenvalue weighted by Crippen LogP contribution is -2.44. The van der Waals surface area contributed by atoms with Crippen LogP contribution in [0.2, 0.25) is 0 Å². The average Bonchev–Trinajstić information content (AvgIpc) is 2.57. The average molecular weight is 313 g/mol. The summed E-state index contributed by atoms with van der Waals surface area (Å²) in [4.78, 5) is 35.9. The molecule has 120 valence electrons. The Bertz CT molecular complexity index is 708. The van der Waals surface area contributed by atoms with Crippen molar-refractivity contribution in [3.63, 3.8) is 0 Å². The molecule has 7 heteroatoms. The molecule has 0 bridgehead atoms. The Morgan fingerprint density at radius 1 is 1.22 bits per heavy atom. The molecule has 0 spiro atoms. The van der Waals surface area contributed by atoms with Crippen molar-refractivity contribution in [2.24, 2.45) is 0 Å². The largest absolute Gasteiger partial charge is 0.348 e. The monoisotopic (exact) mass is 313 g/mol. The third kappa shape index (κ3) is 4.23. The van der Waals surface area contributed by atoms with Gasteiger partial charge >= 0.3 is 0 Å². The maximum atomic E-state index is 12.1. The second-order valence-corrected chi connectivity index (χ2v) is 5.69. The lowest BCUT2D eigenvalue weighted by atomic mass is 10.0. The summed E-state index contributed by atoms with van der Waals surface area (Å²) in [5, 5.41) is 2.96. The van der Waals surface area contributed by atoms with Crippen molar-refractivity contribution in [2.45, 2.75) is 25.4 Å². The van der Waals surface area contributed by atoms with Crippen molar-refractivity contribution in [2.75, 3.05) is 13.1 Å². The molecular weight excluding hydrogens is 294 g/mol. The Kier molecular flexibility index (Phi) is 4.77. The maximum Gasteiger partial charge on any atom is 0.269 e. The van der Waals surface area contributed by atoms with Crippen LogP contribution in [0.4, 0.5) is 0 Å². The zero-order chi connectivity index (χ0) is 16.1. The molecule has 1 amide bonds. The fourth-order valence-electron chi connectivity index (χ4n) is 2.74. The molecule has 0 aliphatic carbocycles. The summed E-state index contributed by atoms with van der Waals surface area (Å²) in [6.07, 6.45) is 7.90. The molecule has 3 rings (SSSR count). The zero-order valence-electron chi connectivity index (χ0n) is 12.7. The van der Waals surface area contributed by atoms with Crippen LogP contribution in [-0.2, 0) is 6.54 Å². The summed E-state index contributed by atoms with van der Waals surface area (Å²) in [6, 6.07) is 4.17. The van der Waals surface area contributed by atoms with Crippen molar-refractivity contribution in [1.82, 2.24) is 25.2 Å². The van der Waals surface area contributed by atoms with Crippen LogP contribution >= 0.6 is 0 Å². The van der Waals surface area contributed by atoms with Crippen LogP contribution in [0.3, 0.4) is 0 Å². The van der Waals surface area contributed by atoms with Gasteiger partial charge in [0.05, 0.1) is 12.4 Å². The van der Waals surface area contributed by atoms with Gasteiger partial charge in [-0.2, -0.15) is 0 Å². The molecule has 0 saturated carbocycles. The second kappa shape index (κ2) is 7.15. The van der Waals surface area contributed by atoms with E-state index in [1.165, 1.54) is 11.8 Å². The fourth-order valence-corrected chi connectivity index (χ4v) is 2.74. The molecule has 1 saturated heterocycles. The van der Waals surface area contributed by atoms with E-state index in [1.54, 1.807) is 12.4 Å². The smallest absolute Gasteiger partial charge is 0.269 e. The third-order valence-corrected chi connectivity index (χ3v) is 3.98. The van der Waals surface area contributed by atoms with Gasteiger partial charge in [0.25, 0.3) is 11.5 Å². The number of hydrogen-bond donors (Lipinski definition) is 2. The first-order chi connectivity index (χ1) is 11.2. The number of nitrogens with zero attached hydrogens (tertiary/aromatic N) is 3. The zero-order valence-corrected chi connectivity index (χ0v) is 12.7. The van der Waals surface area contributed by atoms with Gasteiger partial charge < -0.3 is 10.3 Å². The minimum absolute atomic E-state index is 0.125. The van der Waals surface area contributed by atoms with E-state index < -0.39 is 0 Å². The standard InChI is InChI=1S/C16H19N5O2/c22-15-10-18-9-14(20-15)16(23)19-13-3-7-21(8-4-13)11-12-1-5-17-6-2-12/h1-2,5-6,9-10,13H,3-4,7-8,11H2,(H,19,23)(H,20,22).